The van der Waals surface area contributed by atoms with Crippen LogP contribution in [0.1, 0.15) is 33.8 Å². The zero-order valence-corrected chi connectivity index (χ0v) is 16.5. The van der Waals surface area contributed by atoms with Crippen LogP contribution >= 0.6 is 11.6 Å². The molecule has 0 spiro atoms. The lowest BCUT2D eigenvalue weighted by Crippen LogP contribution is -2.34. The summed E-state index contributed by atoms with van der Waals surface area (Å²) in [7, 11) is 0. The van der Waals surface area contributed by atoms with E-state index in [0.717, 1.165) is 31.6 Å². The number of rotatable bonds is 5. The first-order valence-electron chi connectivity index (χ1n) is 9.74. The molecular weight excluding hydrogens is 401 g/mol. The minimum atomic E-state index is -4.29. The molecule has 2 aliphatic rings. The number of carbonyl (C=O) groups excluding carboxylic acids is 1. The molecule has 1 saturated heterocycles. The number of hydrogen-bond acceptors (Lipinski definition) is 2. The number of carbonyl (C=O) groups is 1. The number of fused-ring (bicyclic) bond motifs is 1. The van der Waals surface area contributed by atoms with E-state index in [0.29, 0.717) is 34.9 Å². The molecule has 0 aromatic heterocycles. The molecule has 1 N–H and O–H groups in total. The van der Waals surface area contributed by atoms with Crippen molar-refractivity contribution in [2.24, 2.45) is 11.8 Å². The van der Waals surface area contributed by atoms with Crippen molar-refractivity contribution < 1.29 is 18.0 Å². The summed E-state index contributed by atoms with van der Waals surface area (Å²) >= 11 is 5.84. The van der Waals surface area contributed by atoms with Crippen LogP contribution in [0.3, 0.4) is 0 Å². The fraction of sp³-hybridized carbons (Fsp3) is 0.409. The van der Waals surface area contributed by atoms with Crippen molar-refractivity contribution in [3.8, 4) is 0 Å². The van der Waals surface area contributed by atoms with Crippen LogP contribution in [0.4, 0.5) is 13.2 Å². The smallest absolute Gasteiger partial charge is 0.351 e. The highest BCUT2D eigenvalue weighted by molar-refractivity contribution is 6.30. The van der Waals surface area contributed by atoms with Crippen LogP contribution in [-0.2, 0) is 6.18 Å². The molecule has 29 heavy (non-hydrogen) atoms. The molecule has 154 valence electrons. The lowest BCUT2D eigenvalue weighted by molar-refractivity contribution is -0.137. The molecule has 2 fully saturated rings. The number of alkyl halides is 3. The molecule has 1 saturated carbocycles. The van der Waals surface area contributed by atoms with Gasteiger partial charge in [-0.05, 0) is 66.1 Å². The lowest BCUT2D eigenvalue weighted by Gasteiger charge is -2.40. The number of amides is 1. The van der Waals surface area contributed by atoms with E-state index in [1.807, 2.05) is 0 Å². The highest BCUT2D eigenvalue weighted by atomic mass is 35.5. The second-order valence-corrected chi connectivity index (χ2v) is 8.34. The Morgan fingerprint density at radius 2 is 1.76 bits per heavy atom. The van der Waals surface area contributed by atoms with E-state index in [-0.39, 0.29) is 5.91 Å². The minimum absolute atomic E-state index is 0.119. The fourth-order valence-electron chi connectivity index (χ4n) is 4.52. The maximum atomic E-state index is 12.7. The topological polar surface area (TPSA) is 32.3 Å². The van der Waals surface area contributed by atoms with Crippen molar-refractivity contribution in [1.29, 1.82) is 0 Å². The van der Waals surface area contributed by atoms with Crippen molar-refractivity contribution in [3.63, 3.8) is 0 Å². The second kappa shape index (κ2) is 8.00. The SMILES string of the molecule is O=C(NCCN1CC2CC(c3ccc(C(F)(F)F)cc3)C2C1)c1ccc(Cl)cc1. The Morgan fingerprint density at radius 3 is 2.41 bits per heavy atom. The minimum Gasteiger partial charge on any atom is -0.351 e. The zero-order valence-electron chi connectivity index (χ0n) is 15.8. The second-order valence-electron chi connectivity index (χ2n) is 7.91. The monoisotopic (exact) mass is 422 g/mol. The van der Waals surface area contributed by atoms with Crippen molar-refractivity contribution in [3.05, 3.63) is 70.2 Å². The molecule has 1 heterocycles. The predicted molar refractivity (Wildman–Crippen MR) is 106 cm³/mol. The molecule has 0 radical (unpaired) electrons. The van der Waals surface area contributed by atoms with E-state index in [4.69, 9.17) is 11.6 Å². The predicted octanol–water partition coefficient (Wildman–Crippen LogP) is 4.82. The molecule has 3 atom stereocenters. The van der Waals surface area contributed by atoms with Crippen LogP contribution < -0.4 is 5.32 Å². The third-order valence-electron chi connectivity index (χ3n) is 6.13. The molecule has 7 heteroatoms. The highest BCUT2D eigenvalue weighted by Crippen LogP contribution is 2.51. The molecule has 2 aromatic carbocycles. The number of likely N-dealkylation sites (tertiary alicyclic amines) is 1. The number of nitrogens with one attached hydrogen (secondary N) is 1. The van der Waals surface area contributed by atoms with Gasteiger partial charge in [-0.2, -0.15) is 13.2 Å². The molecule has 3 nitrogen and oxygen atoms in total. The van der Waals surface area contributed by atoms with Gasteiger partial charge in [0.05, 0.1) is 5.56 Å². The Balaban J connectivity index is 1.25. The highest BCUT2D eigenvalue weighted by Gasteiger charge is 2.47. The van der Waals surface area contributed by atoms with Gasteiger partial charge < -0.3 is 10.2 Å². The van der Waals surface area contributed by atoms with Crippen molar-refractivity contribution in [2.45, 2.75) is 18.5 Å². The van der Waals surface area contributed by atoms with Crippen LogP contribution in [0.25, 0.3) is 0 Å². The number of hydrogen-bond donors (Lipinski definition) is 1. The van der Waals surface area contributed by atoms with E-state index < -0.39 is 11.7 Å². The third kappa shape index (κ3) is 4.43. The van der Waals surface area contributed by atoms with Crippen LogP contribution in [0.2, 0.25) is 5.02 Å². The first-order chi connectivity index (χ1) is 13.8. The fourth-order valence-corrected chi connectivity index (χ4v) is 4.64. The van der Waals surface area contributed by atoms with E-state index in [9.17, 15) is 18.0 Å². The molecule has 3 unspecified atom stereocenters. The summed E-state index contributed by atoms with van der Waals surface area (Å²) in [5, 5.41) is 3.52. The van der Waals surface area contributed by atoms with Gasteiger partial charge in [-0.1, -0.05) is 23.7 Å². The van der Waals surface area contributed by atoms with Crippen LogP contribution in [0.15, 0.2) is 48.5 Å². The van der Waals surface area contributed by atoms with Gasteiger partial charge in [-0.15, -0.1) is 0 Å². The largest absolute Gasteiger partial charge is 0.416 e. The van der Waals surface area contributed by atoms with E-state index >= 15 is 0 Å². The summed E-state index contributed by atoms with van der Waals surface area (Å²) in [6.45, 7) is 3.24. The third-order valence-corrected chi connectivity index (χ3v) is 6.38. The van der Waals surface area contributed by atoms with Crippen molar-refractivity contribution in [1.82, 2.24) is 10.2 Å². The zero-order chi connectivity index (χ0) is 20.6. The standard InChI is InChI=1S/C22H22ClF3N2O/c23-18-7-3-15(4-8-18)21(29)27-9-10-28-12-16-11-19(20(16)13-28)14-1-5-17(6-2-14)22(24,25)26/h1-8,16,19-20H,9-13H2,(H,27,29). The number of benzene rings is 2. The Labute approximate surface area is 172 Å². The Hall–Kier alpha value is -2.05. The average molecular weight is 423 g/mol. The van der Waals surface area contributed by atoms with Gasteiger partial charge in [0.25, 0.3) is 5.91 Å². The maximum Gasteiger partial charge on any atom is 0.416 e. The lowest BCUT2D eigenvalue weighted by atomic mass is 9.64. The van der Waals surface area contributed by atoms with Gasteiger partial charge in [0, 0.05) is 36.8 Å². The molecule has 0 bridgehead atoms. The maximum absolute atomic E-state index is 12.7. The summed E-state index contributed by atoms with van der Waals surface area (Å²) in [6, 6.07) is 12.4. The summed E-state index contributed by atoms with van der Waals surface area (Å²) in [5.74, 6) is 1.29. The van der Waals surface area contributed by atoms with Gasteiger partial charge in [-0.25, -0.2) is 0 Å². The van der Waals surface area contributed by atoms with Crippen molar-refractivity contribution in [2.75, 3.05) is 26.2 Å². The Kier molecular flexibility index (Phi) is 5.58. The first kappa shape index (κ1) is 20.2. The Bertz CT molecular complexity index is 867. The van der Waals surface area contributed by atoms with Crippen LogP contribution in [-0.4, -0.2) is 37.0 Å². The first-order valence-corrected chi connectivity index (χ1v) is 10.1. The van der Waals surface area contributed by atoms with Gasteiger partial charge >= 0.3 is 6.18 Å². The molecule has 1 amide bonds. The molecule has 1 aliphatic carbocycles. The summed E-state index contributed by atoms with van der Waals surface area (Å²) in [5.41, 5.74) is 0.983. The molecule has 4 rings (SSSR count). The van der Waals surface area contributed by atoms with E-state index in [1.54, 1.807) is 36.4 Å². The normalized spacial score (nSPS) is 24.1. The Morgan fingerprint density at radius 1 is 1.07 bits per heavy atom. The molecule has 1 aliphatic heterocycles. The van der Waals surface area contributed by atoms with E-state index in [1.165, 1.54) is 12.1 Å². The summed E-state index contributed by atoms with van der Waals surface area (Å²) < 4.78 is 38.2. The van der Waals surface area contributed by atoms with Gasteiger partial charge in [-0.3, -0.25) is 4.79 Å². The molecular formula is C22H22ClF3N2O. The number of nitrogens with zero attached hydrogens (tertiary/aromatic N) is 1. The van der Waals surface area contributed by atoms with Gasteiger partial charge in [0.1, 0.15) is 0 Å². The summed E-state index contributed by atoms with van der Waals surface area (Å²) in [4.78, 5) is 14.5. The van der Waals surface area contributed by atoms with Crippen LogP contribution in [0, 0.1) is 11.8 Å². The molecule has 2 aromatic rings. The van der Waals surface area contributed by atoms with Crippen molar-refractivity contribution >= 4 is 17.5 Å². The van der Waals surface area contributed by atoms with E-state index in [2.05, 4.69) is 10.2 Å². The quantitative estimate of drug-likeness (QED) is 0.749. The van der Waals surface area contributed by atoms with Gasteiger partial charge in [0.15, 0.2) is 0 Å². The number of halogens is 4. The van der Waals surface area contributed by atoms with Crippen LogP contribution in [0.5, 0.6) is 0 Å². The van der Waals surface area contributed by atoms with Gasteiger partial charge in [0.2, 0.25) is 0 Å². The average Bonchev–Trinajstić information content (AvgIpc) is 2.98. The summed E-state index contributed by atoms with van der Waals surface area (Å²) in [6.07, 6.45) is -3.27.